The van der Waals surface area contributed by atoms with E-state index in [2.05, 4.69) is 14.5 Å². The molecular formula is C14H18N4OS. The van der Waals surface area contributed by atoms with Crippen LogP contribution < -0.4 is 0 Å². The summed E-state index contributed by atoms with van der Waals surface area (Å²) in [6, 6.07) is 3.83. The van der Waals surface area contributed by atoms with Crippen LogP contribution in [0.4, 0.5) is 0 Å². The zero-order valence-electron chi connectivity index (χ0n) is 11.3. The van der Waals surface area contributed by atoms with Crippen LogP contribution in [0.15, 0.2) is 36.2 Å². The van der Waals surface area contributed by atoms with E-state index in [4.69, 9.17) is 0 Å². The molecule has 20 heavy (non-hydrogen) atoms. The van der Waals surface area contributed by atoms with Crippen LogP contribution in [0.5, 0.6) is 0 Å². The second-order valence-corrected chi connectivity index (χ2v) is 5.86. The lowest BCUT2D eigenvalue weighted by Gasteiger charge is -2.34. The van der Waals surface area contributed by atoms with Gasteiger partial charge in [0.05, 0.1) is 11.2 Å². The molecule has 0 atom stereocenters. The molecule has 6 heteroatoms. The molecule has 106 valence electrons. The summed E-state index contributed by atoms with van der Waals surface area (Å²) < 4.78 is 2.09. The first-order valence-electron chi connectivity index (χ1n) is 6.84. The van der Waals surface area contributed by atoms with Gasteiger partial charge < -0.3 is 9.47 Å². The number of hydrogen-bond acceptors (Lipinski definition) is 4. The second-order valence-electron chi connectivity index (χ2n) is 4.91. The first-order chi connectivity index (χ1) is 9.83. The van der Waals surface area contributed by atoms with E-state index < -0.39 is 0 Å². The molecule has 0 spiro atoms. The van der Waals surface area contributed by atoms with Gasteiger partial charge in [0.25, 0.3) is 5.91 Å². The Bertz CT molecular complexity index is 530. The van der Waals surface area contributed by atoms with Gasteiger partial charge in [0.15, 0.2) is 0 Å². The minimum atomic E-state index is 0.175. The van der Waals surface area contributed by atoms with Gasteiger partial charge in [-0.25, -0.2) is 4.98 Å². The minimum absolute atomic E-state index is 0.175. The van der Waals surface area contributed by atoms with Gasteiger partial charge >= 0.3 is 0 Å². The van der Waals surface area contributed by atoms with Crippen LogP contribution in [0, 0.1) is 0 Å². The summed E-state index contributed by atoms with van der Waals surface area (Å²) in [7, 11) is 0. The van der Waals surface area contributed by atoms with Crippen LogP contribution in [0.25, 0.3) is 0 Å². The smallest absolute Gasteiger partial charge is 0.264 e. The Hall–Kier alpha value is -1.66. The number of thiophene rings is 1. The van der Waals surface area contributed by atoms with E-state index in [1.165, 1.54) is 11.3 Å². The molecule has 1 fully saturated rings. The quantitative estimate of drug-likeness (QED) is 0.855. The number of amides is 1. The summed E-state index contributed by atoms with van der Waals surface area (Å²) in [6.45, 7) is 5.51. The second kappa shape index (κ2) is 6.19. The van der Waals surface area contributed by atoms with Crippen molar-refractivity contribution in [2.45, 2.75) is 6.54 Å². The molecule has 1 aliphatic heterocycles. The Morgan fingerprint density at radius 2 is 2.10 bits per heavy atom. The van der Waals surface area contributed by atoms with Crippen LogP contribution in [-0.2, 0) is 6.54 Å². The van der Waals surface area contributed by atoms with Crippen molar-refractivity contribution in [1.82, 2.24) is 19.4 Å². The molecule has 0 N–H and O–H groups in total. The Morgan fingerprint density at radius 3 is 2.75 bits per heavy atom. The number of carbonyl (C=O) groups is 1. The number of nitrogens with zero attached hydrogens (tertiary/aromatic N) is 4. The van der Waals surface area contributed by atoms with E-state index in [1.54, 1.807) is 6.20 Å². The zero-order chi connectivity index (χ0) is 13.8. The third-order valence-electron chi connectivity index (χ3n) is 3.63. The highest BCUT2D eigenvalue weighted by Gasteiger charge is 2.22. The van der Waals surface area contributed by atoms with Gasteiger partial charge in [0, 0.05) is 51.7 Å². The summed E-state index contributed by atoms with van der Waals surface area (Å²) in [4.78, 5) is 21.5. The number of aromatic nitrogens is 2. The van der Waals surface area contributed by atoms with E-state index in [-0.39, 0.29) is 5.91 Å². The predicted octanol–water partition coefficient (Wildman–Crippen LogP) is 1.40. The molecule has 0 radical (unpaired) electrons. The summed E-state index contributed by atoms with van der Waals surface area (Å²) in [5, 5.41) is 1.95. The van der Waals surface area contributed by atoms with Gasteiger partial charge in [-0.3, -0.25) is 9.69 Å². The van der Waals surface area contributed by atoms with Crippen LogP contribution in [-0.4, -0.2) is 58.0 Å². The molecule has 1 aliphatic rings. The van der Waals surface area contributed by atoms with Crippen molar-refractivity contribution >= 4 is 17.2 Å². The highest BCUT2D eigenvalue weighted by atomic mass is 32.1. The minimum Gasteiger partial charge on any atom is -0.336 e. The van der Waals surface area contributed by atoms with E-state index in [9.17, 15) is 4.79 Å². The third kappa shape index (κ3) is 3.08. The molecule has 0 bridgehead atoms. The van der Waals surface area contributed by atoms with Gasteiger partial charge in [-0.05, 0) is 11.4 Å². The third-order valence-corrected chi connectivity index (χ3v) is 4.48. The van der Waals surface area contributed by atoms with Crippen molar-refractivity contribution in [3.8, 4) is 0 Å². The number of rotatable bonds is 4. The molecule has 1 saturated heterocycles. The molecule has 3 heterocycles. The van der Waals surface area contributed by atoms with E-state index in [0.717, 1.165) is 44.1 Å². The Kier molecular flexibility index (Phi) is 4.13. The van der Waals surface area contributed by atoms with E-state index >= 15 is 0 Å². The topological polar surface area (TPSA) is 41.4 Å². The molecule has 2 aromatic heterocycles. The average molecular weight is 290 g/mol. The van der Waals surface area contributed by atoms with Gasteiger partial charge in [-0.2, -0.15) is 0 Å². The number of piperazine rings is 1. The van der Waals surface area contributed by atoms with Gasteiger partial charge in [0.2, 0.25) is 0 Å². The largest absolute Gasteiger partial charge is 0.336 e. The standard InChI is InChI=1S/C14H18N4OS/c19-14(13-2-1-11-20-13)18-9-7-16(8-10-18)5-6-17-4-3-15-12-17/h1-4,11-12H,5-10H2. The molecule has 3 rings (SSSR count). The van der Waals surface area contributed by atoms with E-state index in [0.29, 0.717) is 0 Å². The Morgan fingerprint density at radius 1 is 1.25 bits per heavy atom. The van der Waals surface area contributed by atoms with Gasteiger partial charge in [-0.15, -0.1) is 11.3 Å². The lowest BCUT2D eigenvalue weighted by atomic mass is 10.3. The molecule has 2 aromatic rings. The summed E-state index contributed by atoms with van der Waals surface area (Å²) in [5.41, 5.74) is 0. The lowest BCUT2D eigenvalue weighted by molar-refractivity contribution is 0.0638. The molecule has 0 saturated carbocycles. The summed E-state index contributed by atoms with van der Waals surface area (Å²) in [6.07, 6.45) is 5.63. The molecule has 1 amide bonds. The molecular weight excluding hydrogens is 272 g/mol. The zero-order valence-corrected chi connectivity index (χ0v) is 12.1. The number of carbonyl (C=O) groups excluding carboxylic acids is 1. The number of imidazole rings is 1. The van der Waals surface area contributed by atoms with E-state index in [1.807, 2.05) is 34.9 Å². The van der Waals surface area contributed by atoms with Crippen molar-refractivity contribution in [2.24, 2.45) is 0 Å². The Labute approximate surface area is 122 Å². The Balaban J connectivity index is 1.46. The first kappa shape index (κ1) is 13.3. The van der Waals surface area contributed by atoms with Crippen molar-refractivity contribution in [2.75, 3.05) is 32.7 Å². The van der Waals surface area contributed by atoms with Crippen molar-refractivity contribution < 1.29 is 4.79 Å². The highest BCUT2D eigenvalue weighted by molar-refractivity contribution is 7.12. The predicted molar refractivity (Wildman–Crippen MR) is 78.9 cm³/mol. The van der Waals surface area contributed by atoms with Crippen molar-refractivity contribution in [1.29, 1.82) is 0 Å². The average Bonchev–Trinajstić information content (AvgIpc) is 3.18. The van der Waals surface area contributed by atoms with Crippen LogP contribution in [0.2, 0.25) is 0 Å². The summed E-state index contributed by atoms with van der Waals surface area (Å²) in [5.74, 6) is 0.175. The fourth-order valence-electron chi connectivity index (χ4n) is 2.41. The number of hydrogen-bond donors (Lipinski definition) is 0. The van der Waals surface area contributed by atoms with Crippen molar-refractivity contribution in [3.63, 3.8) is 0 Å². The molecule has 0 unspecified atom stereocenters. The first-order valence-corrected chi connectivity index (χ1v) is 7.72. The SMILES string of the molecule is O=C(c1cccs1)N1CCN(CCn2ccnc2)CC1. The fraction of sp³-hybridized carbons (Fsp3) is 0.429. The van der Waals surface area contributed by atoms with Gasteiger partial charge in [-0.1, -0.05) is 6.07 Å². The maximum Gasteiger partial charge on any atom is 0.264 e. The normalized spacial score (nSPS) is 16.5. The molecule has 0 aromatic carbocycles. The van der Waals surface area contributed by atoms with Crippen molar-refractivity contribution in [3.05, 3.63) is 41.1 Å². The van der Waals surface area contributed by atoms with Crippen LogP contribution >= 0.6 is 11.3 Å². The monoisotopic (exact) mass is 290 g/mol. The molecule has 5 nitrogen and oxygen atoms in total. The van der Waals surface area contributed by atoms with Gasteiger partial charge in [0.1, 0.15) is 0 Å². The summed E-state index contributed by atoms with van der Waals surface area (Å²) >= 11 is 1.52. The lowest BCUT2D eigenvalue weighted by Crippen LogP contribution is -2.49. The maximum absolute atomic E-state index is 12.2. The highest BCUT2D eigenvalue weighted by Crippen LogP contribution is 2.13. The fourth-order valence-corrected chi connectivity index (χ4v) is 3.10. The molecule has 0 aliphatic carbocycles. The van der Waals surface area contributed by atoms with Crippen LogP contribution in [0.3, 0.4) is 0 Å². The maximum atomic E-state index is 12.2. The van der Waals surface area contributed by atoms with Crippen LogP contribution in [0.1, 0.15) is 9.67 Å².